The first-order valence-electron chi connectivity index (χ1n) is 6.27. The Bertz CT molecular complexity index is 657. The lowest BCUT2D eigenvalue weighted by Crippen LogP contribution is -2.29. The van der Waals surface area contributed by atoms with Crippen molar-refractivity contribution in [3.8, 4) is 0 Å². The molecule has 0 aromatic heterocycles. The number of aryl methyl sites for hydroxylation is 1. The quantitative estimate of drug-likeness (QED) is 0.924. The second kappa shape index (κ2) is 5.14. The van der Waals surface area contributed by atoms with Crippen molar-refractivity contribution < 1.29 is 22.7 Å². The first-order valence-corrected chi connectivity index (χ1v) is 7.71. The van der Waals surface area contributed by atoms with Gasteiger partial charge in [0.05, 0.1) is 10.5 Å². The summed E-state index contributed by atoms with van der Waals surface area (Å²) in [4.78, 5) is 10.8. The molecule has 1 aliphatic heterocycles. The summed E-state index contributed by atoms with van der Waals surface area (Å²) in [6.07, 6.45) is 0.769. The number of rotatable bonds is 3. The van der Waals surface area contributed by atoms with Crippen LogP contribution < -0.4 is 0 Å². The molecule has 20 heavy (non-hydrogen) atoms. The lowest BCUT2D eigenvalue weighted by atomic mass is 10.1. The Morgan fingerprint density at radius 3 is 2.60 bits per heavy atom. The summed E-state index contributed by atoms with van der Waals surface area (Å²) < 4.78 is 39.8. The van der Waals surface area contributed by atoms with Crippen LogP contribution in [0.5, 0.6) is 0 Å². The lowest BCUT2D eigenvalue weighted by molar-refractivity contribution is 0.0691. The molecule has 1 atom stereocenters. The predicted octanol–water partition coefficient (Wildman–Crippen LogP) is 1.86. The van der Waals surface area contributed by atoms with E-state index in [1.807, 2.05) is 6.92 Å². The van der Waals surface area contributed by atoms with Gasteiger partial charge < -0.3 is 5.11 Å². The van der Waals surface area contributed by atoms with E-state index < -0.39 is 27.4 Å². The van der Waals surface area contributed by atoms with E-state index in [1.165, 1.54) is 17.3 Å². The minimum Gasteiger partial charge on any atom is -0.478 e. The Morgan fingerprint density at radius 2 is 2.10 bits per heavy atom. The van der Waals surface area contributed by atoms with Crippen LogP contribution in [0.2, 0.25) is 0 Å². The highest BCUT2D eigenvalue weighted by Gasteiger charge is 2.32. The second-order valence-electron chi connectivity index (χ2n) is 5.16. The van der Waals surface area contributed by atoms with Gasteiger partial charge in [0.1, 0.15) is 5.82 Å². The van der Waals surface area contributed by atoms with E-state index in [0.717, 1.165) is 12.5 Å². The fourth-order valence-corrected chi connectivity index (χ4v) is 3.99. The third-order valence-electron chi connectivity index (χ3n) is 3.48. The molecule has 1 heterocycles. The number of nitrogens with zero attached hydrogens (tertiary/aromatic N) is 1. The van der Waals surface area contributed by atoms with Crippen molar-refractivity contribution in [1.29, 1.82) is 0 Å². The molecule has 1 fully saturated rings. The number of carbonyl (C=O) groups is 1. The van der Waals surface area contributed by atoms with Crippen molar-refractivity contribution in [3.05, 3.63) is 29.1 Å². The topological polar surface area (TPSA) is 74.7 Å². The summed E-state index contributed by atoms with van der Waals surface area (Å²) in [7, 11) is -3.76. The Labute approximate surface area is 117 Å². The lowest BCUT2D eigenvalue weighted by Gasteiger charge is -2.17. The third-order valence-corrected chi connectivity index (χ3v) is 5.33. The number of aromatic carboxylic acids is 1. The van der Waals surface area contributed by atoms with E-state index in [1.54, 1.807) is 0 Å². The number of hydrogen-bond acceptors (Lipinski definition) is 3. The molecule has 1 unspecified atom stereocenters. The SMILES string of the molecule is Cc1cc(S(=O)(=O)N2CCC(C)C2)cc(C(=O)O)c1F. The normalized spacial score (nSPS) is 20.2. The molecule has 1 N–H and O–H groups in total. The van der Waals surface area contributed by atoms with Gasteiger partial charge in [-0.1, -0.05) is 6.92 Å². The Morgan fingerprint density at radius 1 is 1.45 bits per heavy atom. The predicted molar refractivity (Wildman–Crippen MR) is 70.6 cm³/mol. The molecule has 1 aliphatic rings. The minimum absolute atomic E-state index is 0.00993. The first-order chi connectivity index (χ1) is 9.23. The highest BCUT2D eigenvalue weighted by Crippen LogP contribution is 2.26. The molecule has 1 aromatic rings. The second-order valence-corrected chi connectivity index (χ2v) is 7.10. The minimum atomic E-state index is -3.76. The molecular formula is C13H16FNO4S. The summed E-state index contributed by atoms with van der Waals surface area (Å²) in [5.41, 5.74) is -0.605. The van der Waals surface area contributed by atoms with Crippen LogP contribution in [-0.4, -0.2) is 36.9 Å². The van der Waals surface area contributed by atoms with Crippen LogP contribution in [0.25, 0.3) is 0 Å². The van der Waals surface area contributed by atoms with E-state index in [-0.39, 0.29) is 16.4 Å². The van der Waals surface area contributed by atoms with Crippen molar-refractivity contribution in [2.45, 2.75) is 25.2 Å². The van der Waals surface area contributed by atoms with E-state index in [0.29, 0.717) is 13.1 Å². The molecule has 0 aliphatic carbocycles. The van der Waals surface area contributed by atoms with E-state index >= 15 is 0 Å². The maximum Gasteiger partial charge on any atom is 0.338 e. The zero-order valence-corrected chi connectivity index (χ0v) is 12.1. The van der Waals surface area contributed by atoms with Gasteiger partial charge in [0.2, 0.25) is 10.0 Å². The molecule has 2 rings (SSSR count). The summed E-state index contributed by atoms with van der Waals surface area (Å²) in [5, 5.41) is 8.94. The Hall–Kier alpha value is -1.47. The van der Waals surface area contributed by atoms with Gasteiger partial charge in [0, 0.05) is 13.1 Å². The average molecular weight is 301 g/mol. The van der Waals surface area contributed by atoms with Gasteiger partial charge in [-0.05, 0) is 37.0 Å². The van der Waals surface area contributed by atoms with Crippen LogP contribution in [0.1, 0.15) is 29.3 Å². The molecule has 5 nitrogen and oxygen atoms in total. The van der Waals surface area contributed by atoms with Gasteiger partial charge in [0.25, 0.3) is 0 Å². The first kappa shape index (κ1) is 14.9. The standard InChI is InChI=1S/C13H16FNO4S/c1-8-3-4-15(7-8)20(18,19)10-5-9(2)12(14)11(6-10)13(16)17/h5-6,8H,3-4,7H2,1-2H3,(H,16,17). The van der Waals surface area contributed by atoms with Gasteiger partial charge in [-0.25, -0.2) is 17.6 Å². The molecule has 1 aromatic carbocycles. The maximum absolute atomic E-state index is 13.7. The summed E-state index contributed by atoms with van der Waals surface area (Å²) in [5.74, 6) is -2.10. The highest BCUT2D eigenvalue weighted by atomic mass is 32.2. The highest BCUT2D eigenvalue weighted by molar-refractivity contribution is 7.89. The molecule has 110 valence electrons. The van der Waals surface area contributed by atoms with Crippen LogP contribution in [0.15, 0.2) is 17.0 Å². The van der Waals surface area contributed by atoms with Gasteiger partial charge in [-0.2, -0.15) is 4.31 Å². The molecule has 0 bridgehead atoms. The molecule has 0 amide bonds. The van der Waals surface area contributed by atoms with Crippen LogP contribution in [0.4, 0.5) is 4.39 Å². The van der Waals surface area contributed by atoms with Gasteiger partial charge in [-0.3, -0.25) is 0 Å². The fraction of sp³-hybridized carbons (Fsp3) is 0.462. The van der Waals surface area contributed by atoms with E-state index in [2.05, 4.69) is 0 Å². The van der Waals surface area contributed by atoms with Crippen molar-refractivity contribution in [1.82, 2.24) is 4.31 Å². The number of carboxylic acids is 1. The third kappa shape index (κ3) is 2.55. The van der Waals surface area contributed by atoms with Crippen LogP contribution >= 0.6 is 0 Å². The molecular weight excluding hydrogens is 285 g/mol. The monoisotopic (exact) mass is 301 g/mol. The zero-order chi connectivity index (χ0) is 15.1. The van der Waals surface area contributed by atoms with Crippen molar-refractivity contribution in [3.63, 3.8) is 0 Å². The number of carboxylic acid groups (broad SMARTS) is 1. The van der Waals surface area contributed by atoms with E-state index in [9.17, 15) is 17.6 Å². The maximum atomic E-state index is 13.7. The number of hydrogen-bond donors (Lipinski definition) is 1. The molecule has 0 radical (unpaired) electrons. The number of halogens is 1. The Kier molecular flexibility index (Phi) is 3.84. The van der Waals surface area contributed by atoms with Crippen LogP contribution in [0, 0.1) is 18.7 Å². The van der Waals surface area contributed by atoms with Gasteiger partial charge >= 0.3 is 5.97 Å². The van der Waals surface area contributed by atoms with Gasteiger partial charge in [0.15, 0.2) is 0 Å². The molecule has 0 saturated carbocycles. The van der Waals surface area contributed by atoms with Crippen LogP contribution in [-0.2, 0) is 10.0 Å². The van der Waals surface area contributed by atoms with Gasteiger partial charge in [-0.15, -0.1) is 0 Å². The van der Waals surface area contributed by atoms with Crippen molar-refractivity contribution >= 4 is 16.0 Å². The smallest absolute Gasteiger partial charge is 0.338 e. The van der Waals surface area contributed by atoms with Crippen molar-refractivity contribution in [2.75, 3.05) is 13.1 Å². The van der Waals surface area contributed by atoms with E-state index in [4.69, 9.17) is 5.11 Å². The molecule has 7 heteroatoms. The number of sulfonamides is 1. The Balaban J connectivity index is 2.50. The summed E-state index contributed by atoms with van der Waals surface area (Å²) >= 11 is 0. The molecule has 1 saturated heterocycles. The largest absolute Gasteiger partial charge is 0.478 e. The summed E-state index contributed by atoms with van der Waals surface area (Å²) in [6, 6.07) is 2.07. The van der Waals surface area contributed by atoms with Crippen LogP contribution in [0.3, 0.4) is 0 Å². The average Bonchev–Trinajstić information content (AvgIpc) is 2.79. The molecule has 0 spiro atoms. The zero-order valence-electron chi connectivity index (χ0n) is 11.3. The fourth-order valence-electron chi connectivity index (χ4n) is 2.30. The summed E-state index contributed by atoms with van der Waals surface area (Å²) in [6.45, 7) is 4.12. The number of benzene rings is 1. The van der Waals surface area contributed by atoms with Crippen molar-refractivity contribution in [2.24, 2.45) is 5.92 Å².